The number of ether oxygens (including phenoxy) is 1. The first-order valence-electron chi connectivity index (χ1n) is 15.1. The van der Waals surface area contributed by atoms with Gasteiger partial charge in [-0.15, -0.1) is 36.3 Å². The average Bonchev–Trinajstić information content (AvgIpc) is 2.73. The Balaban J connectivity index is 1.92. The van der Waals surface area contributed by atoms with Gasteiger partial charge in [-0.1, -0.05) is 80.3 Å². The smallest absolute Gasteiger partial charge is 0.133 e. The van der Waals surface area contributed by atoms with Gasteiger partial charge in [-0.3, -0.25) is 0 Å². The summed E-state index contributed by atoms with van der Waals surface area (Å²) in [6.45, 7) is 32.5. The van der Waals surface area contributed by atoms with Crippen LogP contribution < -0.4 is 13.6 Å². The molecule has 0 N–H and O–H groups in total. The summed E-state index contributed by atoms with van der Waals surface area (Å²) in [6.07, 6.45) is 8.38. The minimum absolute atomic E-state index is 0.0335. The van der Waals surface area contributed by atoms with Gasteiger partial charge in [0.15, 0.2) is 0 Å². The van der Waals surface area contributed by atoms with Gasteiger partial charge in [0.25, 0.3) is 0 Å². The Morgan fingerprint density at radius 2 is 1.44 bits per heavy atom. The molecule has 39 heavy (non-hydrogen) atoms. The number of hydrogen-bond donors (Lipinski definition) is 0. The Kier molecular flexibility index (Phi) is 7.39. The fraction of sp³-hybridized carbons (Fsp3) is 0.758. The summed E-state index contributed by atoms with van der Waals surface area (Å²) in [5.74, 6) is 2.93. The molecule has 2 saturated carbocycles. The maximum atomic E-state index is 7.39. The van der Waals surface area contributed by atoms with Gasteiger partial charge in [-0.05, 0) is 61.0 Å². The zero-order valence-corrected chi connectivity index (χ0v) is 30.1. The molecule has 2 fully saturated rings. The van der Waals surface area contributed by atoms with Gasteiger partial charge in [0.2, 0.25) is 0 Å². The molecule has 3 atom stereocenters. The molecule has 222 valence electrons. The van der Waals surface area contributed by atoms with E-state index < -0.39 is 16.6 Å². The van der Waals surface area contributed by atoms with Crippen molar-refractivity contribution in [1.29, 1.82) is 0 Å². The van der Waals surface area contributed by atoms with Crippen LogP contribution in [0, 0.1) is 16.7 Å². The van der Waals surface area contributed by atoms with Crippen LogP contribution in [0.5, 0.6) is 17.2 Å². The normalized spacial score (nSPS) is 28.9. The maximum Gasteiger partial charge on any atom is 0.133 e. The van der Waals surface area contributed by atoms with E-state index in [0.717, 1.165) is 23.5 Å². The number of rotatable bonds is 4. The van der Waals surface area contributed by atoms with Crippen molar-refractivity contribution in [2.24, 2.45) is 16.7 Å². The number of hydrogen-bond acceptors (Lipinski definition) is 3. The van der Waals surface area contributed by atoms with Gasteiger partial charge in [-0.2, -0.15) is 0 Å². The molecule has 0 spiro atoms. The predicted molar refractivity (Wildman–Crippen MR) is 173 cm³/mol. The van der Waals surface area contributed by atoms with Gasteiger partial charge in [-0.25, -0.2) is 0 Å². The van der Waals surface area contributed by atoms with Crippen LogP contribution in [-0.2, 0) is 0 Å². The largest absolute Gasteiger partial charge is 0.686 e. The summed E-state index contributed by atoms with van der Waals surface area (Å²) in [4.78, 5) is 0. The molecule has 1 aromatic rings. The summed E-state index contributed by atoms with van der Waals surface area (Å²) in [6, 6.07) is 2.10. The minimum atomic E-state index is -2.20. The van der Waals surface area contributed by atoms with Crippen molar-refractivity contribution in [1.82, 2.24) is 0 Å². The van der Waals surface area contributed by atoms with Crippen LogP contribution in [0.3, 0.4) is 0 Å². The fourth-order valence-electron chi connectivity index (χ4n) is 6.95. The third kappa shape index (κ3) is 5.16. The topological polar surface area (TPSA) is 27.7 Å². The van der Waals surface area contributed by atoms with Crippen molar-refractivity contribution in [3.63, 3.8) is 0 Å². The Hall–Kier alpha value is -0.916. The van der Waals surface area contributed by atoms with E-state index in [1.807, 2.05) is 0 Å². The van der Waals surface area contributed by atoms with Crippen LogP contribution in [-0.4, -0.2) is 22.2 Å². The molecule has 3 aliphatic rings. The van der Waals surface area contributed by atoms with E-state index >= 15 is 0 Å². The average molecular weight is 591 g/mol. The molecule has 4 rings (SSSR count). The second-order valence-electron chi connectivity index (χ2n) is 16.9. The second-order valence-corrected chi connectivity index (χ2v) is 26.7. The molecule has 1 aliphatic heterocycles. The molecule has 0 radical (unpaired) electrons. The Bertz CT molecular complexity index is 1170. The monoisotopic (exact) mass is 590 g/mol. The predicted octanol–water partition coefficient (Wildman–Crippen LogP) is 11.3. The van der Waals surface area contributed by atoms with Crippen LogP contribution in [0.15, 0.2) is 11.6 Å². The molecule has 0 amide bonds. The molecule has 3 nitrogen and oxygen atoms in total. The van der Waals surface area contributed by atoms with E-state index in [2.05, 4.69) is 108 Å². The van der Waals surface area contributed by atoms with Crippen LogP contribution in [0.4, 0.5) is 0 Å². The van der Waals surface area contributed by atoms with Gasteiger partial charge < -0.3 is 13.6 Å². The Morgan fingerprint density at radius 1 is 0.872 bits per heavy atom. The summed E-state index contributed by atoms with van der Waals surface area (Å²) >= 11 is 7.39. The minimum Gasteiger partial charge on any atom is -0.686 e. The first-order valence-corrected chi connectivity index (χ1v) is 21.3. The van der Waals surface area contributed by atoms with Crippen molar-refractivity contribution >= 4 is 34.3 Å². The quantitative estimate of drug-likeness (QED) is 0.326. The molecule has 0 aromatic heterocycles. The van der Waals surface area contributed by atoms with E-state index in [-0.39, 0.29) is 21.1 Å². The van der Waals surface area contributed by atoms with Gasteiger partial charge in [0.05, 0.1) is 5.02 Å². The second kappa shape index (κ2) is 9.29. The third-order valence-electron chi connectivity index (χ3n) is 11.5. The first kappa shape index (κ1) is 31.0. The molecule has 6 heteroatoms. The summed E-state index contributed by atoms with van der Waals surface area (Å²) in [5, 5.41) is 0.720. The van der Waals surface area contributed by atoms with Crippen molar-refractivity contribution < 1.29 is 13.6 Å². The highest BCUT2D eigenvalue weighted by Crippen LogP contribution is 2.65. The lowest BCUT2D eigenvalue weighted by molar-refractivity contribution is -0.0516. The van der Waals surface area contributed by atoms with Gasteiger partial charge >= 0.3 is 0 Å². The lowest BCUT2D eigenvalue weighted by Crippen LogP contribution is -2.55. The Labute approximate surface area is 246 Å². The molecular weight excluding hydrogens is 536 g/mol. The highest BCUT2D eigenvalue weighted by Gasteiger charge is 2.57. The van der Waals surface area contributed by atoms with E-state index in [0.29, 0.717) is 22.1 Å². The molecular formula is C33H55ClO3Si2-2. The van der Waals surface area contributed by atoms with Gasteiger partial charge in [0.1, 0.15) is 22.8 Å². The van der Waals surface area contributed by atoms with Crippen molar-refractivity contribution in [3.8, 4) is 17.2 Å². The molecule has 0 saturated heterocycles. The third-order valence-corrected chi connectivity index (χ3v) is 20.5. The standard InChI is InChI=1S/C33H55ClO3Si2/c1-29(2,3)38(11,12)36-24-21-23-22(27(34)28(24)37-39(13,14)30(4,5)6)20-26-32(9)18-15-17-31(7,8)25(32)16-19-33(26,10)35-23/h20-21,25H,15-19H2,1-14H3/q-2/t25-,32-,33+/m0/s1. The summed E-state index contributed by atoms with van der Waals surface area (Å²) in [7, 11) is -4.36. The number of fused-ring (bicyclic) bond motifs is 4. The number of halogens is 1. The van der Waals surface area contributed by atoms with Crippen molar-refractivity contribution in [3.05, 3.63) is 22.2 Å². The van der Waals surface area contributed by atoms with Crippen LogP contribution >= 0.6 is 11.6 Å². The highest BCUT2D eigenvalue weighted by molar-refractivity contribution is 6.75. The maximum absolute atomic E-state index is 7.39. The van der Waals surface area contributed by atoms with Crippen LogP contribution in [0.1, 0.15) is 107 Å². The zero-order chi connectivity index (χ0) is 29.6. The highest BCUT2D eigenvalue weighted by atomic mass is 35.5. The van der Waals surface area contributed by atoms with Crippen LogP contribution in [0.2, 0.25) is 41.3 Å². The molecule has 1 aromatic carbocycles. The zero-order valence-electron chi connectivity index (χ0n) is 27.4. The fourth-order valence-corrected chi connectivity index (χ4v) is 9.32. The summed E-state index contributed by atoms with van der Waals surface area (Å²) < 4.78 is 21.0. The number of benzene rings is 1. The molecule has 0 unspecified atom stereocenters. The molecule has 1 heterocycles. The SMILES string of the molecule is CC1(C)CCC[C@]2(C)C3=Cc4c(cc(O[Si-](C)(C)C(C)(C)C)c(O[Si-](C)(C)C(C)(C)C)c4Cl)O[C@]3(C)CC[C@@H]12. The van der Waals surface area contributed by atoms with E-state index in [1.165, 1.54) is 31.3 Å². The van der Waals surface area contributed by atoms with Gasteiger partial charge in [0, 0.05) is 28.3 Å². The van der Waals surface area contributed by atoms with Crippen molar-refractivity contribution in [2.75, 3.05) is 0 Å². The first-order chi connectivity index (χ1) is 17.5. The lowest BCUT2D eigenvalue weighted by Gasteiger charge is -2.60. The van der Waals surface area contributed by atoms with E-state index in [9.17, 15) is 0 Å². The van der Waals surface area contributed by atoms with E-state index in [4.69, 9.17) is 25.2 Å². The molecule has 0 bridgehead atoms. The van der Waals surface area contributed by atoms with Crippen molar-refractivity contribution in [2.45, 2.75) is 143 Å². The van der Waals surface area contributed by atoms with E-state index in [1.54, 1.807) is 0 Å². The Morgan fingerprint density at radius 3 is 2.00 bits per heavy atom. The molecule has 2 aliphatic carbocycles. The van der Waals surface area contributed by atoms with Crippen LogP contribution in [0.25, 0.3) is 6.08 Å². The lowest BCUT2D eigenvalue weighted by atomic mass is 9.47. The summed E-state index contributed by atoms with van der Waals surface area (Å²) in [5.41, 5.74) is 2.49.